The monoisotopic (exact) mass is 537 g/mol. The predicted octanol–water partition coefficient (Wildman–Crippen LogP) is -1.51. The van der Waals surface area contributed by atoms with Crippen molar-refractivity contribution in [2.45, 2.75) is 62.7 Å². The molecule has 0 bridgehead atoms. The zero-order valence-corrected chi connectivity index (χ0v) is 21.4. The van der Waals surface area contributed by atoms with E-state index in [0.717, 1.165) is 0 Å². The number of carbonyl (C=O) groups excluding carboxylic acids is 4. The second kappa shape index (κ2) is 17.8. The predicted molar refractivity (Wildman–Crippen MR) is 133 cm³/mol. The zero-order valence-electron chi connectivity index (χ0n) is 19.8. The molecule has 0 aromatic carbocycles. The number of carboxylic acid groups (broad SMARTS) is 2. The van der Waals surface area contributed by atoms with E-state index in [9.17, 15) is 33.9 Å². The maximum absolute atomic E-state index is 12.9. The largest absolute Gasteiger partial charge is 0.481 e. The lowest BCUT2D eigenvalue weighted by Gasteiger charge is -2.25. The maximum Gasteiger partial charge on any atom is 0.326 e. The molecule has 13 nitrogen and oxygen atoms in total. The molecule has 0 aromatic rings. The summed E-state index contributed by atoms with van der Waals surface area (Å²) in [6.07, 6.45) is 2.94. The number of nitrogens with one attached hydrogen (secondary N) is 3. The molecule has 0 aromatic heterocycles. The minimum Gasteiger partial charge on any atom is -0.481 e. The second-order valence-corrected chi connectivity index (χ2v) is 9.60. The smallest absolute Gasteiger partial charge is 0.326 e. The summed E-state index contributed by atoms with van der Waals surface area (Å²) in [5.74, 6) is -4.48. The molecule has 0 spiro atoms. The fourth-order valence-electron chi connectivity index (χ4n) is 2.78. The normalized spacial score (nSPS) is 14.1. The van der Waals surface area contributed by atoms with Crippen molar-refractivity contribution in [3.8, 4) is 0 Å². The number of hydrogen-bond acceptors (Lipinski definition) is 9. The first-order chi connectivity index (χ1) is 16.4. The van der Waals surface area contributed by atoms with Gasteiger partial charge in [-0.25, -0.2) is 4.79 Å². The number of amides is 4. The highest BCUT2D eigenvalue weighted by Gasteiger charge is 2.30. The van der Waals surface area contributed by atoms with Crippen molar-refractivity contribution >= 4 is 59.1 Å². The summed E-state index contributed by atoms with van der Waals surface area (Å²) in [6.45, 7) is 0. The van der Waals surface area contributed by atoms with E-state index >= 15 is 0 Å². The highest BCUT2D eigenvalue weighted by molar-refractivity contribution is 7.98. The molecule has 15 heteroatoms. The van der Waals surface area contributed by atoms with E-state index in [4.69, 9.17) is 16.6 Å². The highest BCUT2D eigenvalue weighted by Crippen LogP contribution is 2.07. The molecule has 0 radical (unpaired) electrons. The Kier molecular flexibility index (Phi) is 16.6. The molecular weight excluding hydrogens is 502 g/mol. The SMILES string of the molecule is CSCCC(N)C(=O)NC(CCC(=O)O)C(=O)NC(CCSC)C(=O)NC(CCC(N)=O)C(=O)O. The Bertz CT molecular complexity index is 755. The molecule has 0 aliphatic heterocycles. The standard InChI is InChI=1S/C20H35N5O8S2/c1-34-9-7-11(21)17(29)23-12(4-6-16(27)28)18(30)24-13(8-10-35-2)19(31)25-14(20(32)33)3-5-15(22)26/h11-14H,3-10,21H2,1-2H3,(H2,22,26)(H,23,29)(H,24,30)(H,25,31)(H,27,28)(H,32,33). The zero-order chi connectivity index (χ0) is 27.0. The van der Waals surface area contributed by atoms with Gasteiger partial charge in [0.05, 0.1) is 6.04 Å². The van der Waals surface area contributed by atoms with Gasteiger partial charge in [-0.3, -0.25) is 24.0 Å². The van der Waals surface area contributed by atoms with E-state index in [-0.39, 0.29) is 25.7 Å². The van der Waals surface area contributed by atoms with Gasteiger partial charge in [-0.05, 0) is 49.7 Å². The molecule has 35 heavy (non-hydrogen) atoms. The van der Waals surface area contributed by atoms with Crippen LogP contribution in [0.25, 0.3) is 0 Å². The molecular formula is C20H35N5O8S2. The first kappa shape index (κ1) is 32.5. The van der Waals surface area contributed by atoms with Crippen LogP contribution in [0.4, 0.5) is 0 Å². The van der Waals surface area contributed by atoms with Crippen LogP contribution in [0.3, 0.4) is 0 Å². The summed E-state index contributed by atoms with van der Waals surface area (Å²) >= 11 is 2.87. The highest BCUT2D eigenvalue weighted by atomic mass is 32.2. The number of hydrogen-bond donors (Lipinski definition) is 7. The van der Waals surface area contributed by atoms with Crippen molar-refractivity contribution in [2.24, 2.45) is 11.5 Å². The topological polar surface area (TPSA) is 231 Å². The summed E-state index contributed by atoms with van der Waals surface area (Å²) in [7, 11) is 0. The number of thioether (sulfide) groups is 2. The molecule has 0 fully saturated rings. The van der Waals surface area contributed by atoms with Gasteiger partial charge in [0.25, 0.3) is 0 Å². The molecule has 0 saturated heterocycles. The van der Waals surface area contributed by atoms with Gasteiger partial charge in [-0.2, -0.15) is 23.5 Å². The molecule has 0 heterocycles. The Morgan fingerprint density at radius 2 is 1.17 bits per heavy atom. The van der Waals surface area contributed by atoms with Crippen molar-refractivity contribution in [3.05, 3.63) is 0 Å². The van der Waals surface area contributed by atoms with Crippen LogP contribution >= 0.6 is 23.5 Å². The summed E-state index contributed by atoms with van der Waals surface area (Å²) in [5.41, 5.74) is 10.9. The first-order valence-electron chi connectivity index (χ1n) is 10.8. The second-order valence-electron chi connectivity index (χ2n) is 7.63. The molecule has 0 aliphatic rings. The van der Waals surface area contributed by atoms with Gasteiger partial charge < -0.3 is 37.6 Å². The van der Waals surface area contributed by atoms with E-state index in [2.05, 4.69) is 16.0 Å². The lowest BCUT2D eigenvalue weighted by molar-refractivity contribution is -0.142. The Morgan fingerprint density at radius 3 is 1.66 bits per heavy atom. The number of rotatable bonds is 19. The van der Waals surface area contributed by atoms with Gasteiger partial charge in [-0.15, -0.1) is 0 Å². The van der Waals surface area contributed by atoms with Crippen molar-refractivity contribution in [2.75, 3.05) is 24.0 Å². The van der Waals surface area contributed by atoms with Crippen molar-refractivity contribution in [1.29, 1.82) is 0 Å². The third-order valence-electron chi connectivity index (χ3n) is 4.79. The van der Waals surface area contributed by atoms with Gasteiger partial charge >= 0.3 is 11.9 Å². The average molecular weight is 538 g/mol. The maximum atomic E-state index is 12.9. The van der Waals surface area contributed by atoms with Crippen LogP contribution < -0.4 is 27.4 Å². The van der Waals surface area contributed by atoms with E-state index in [0.29, 0.717) is 17.9 Å². The van der Waals surface area contributed by atoms with Gasteiger partial charge in [0.15, 0.2) is 0 Å². The van der Waals surface area contributed by atoms with Crippen LogP contribution in [-0.2, 0) is 28.8 Å². The fourth-order valence-corrected chi connectivity index (χ4v) is 3.75. The number of aliphatic carboxylic acids is 2. The molecule has 0 rings (SSSR count). The minimum atomic E-state index is -1.40. The Hall–Kier alpha value is -2.52. The number of nitrogens with two attached hydrogens (primary N) is 2. The lowest BCUT2D eigenvalue weighted by Crippen LogP contribution is -2.57. The van der Waals surface area contributed by atoms with Crippen LogP contribution in [0.15, 0.2) is 0 Å². The number of carboxylic acids is 2. The van der Waals surface area contributed by atoms with E-state index in [1.165, 1.54) is 23.5 Å². The molecule has 200 valence electrons. The van der Waals surface area contributed by atoms with Crippen LogP contribution in [0.1, 0.15) is 38.5 Å². The molecule has 9 N–H and O–H groups in total. The molecule has 4 atom stereocenters. The molecule has 4 unspecified atom stereocenters. The lowest BCUT2D eigenvalue weighted by atomic mass is 10.1. The van der Waals surface area contributed by atoms with E-state index in [1.807, 2.05) is 6.26 Å². The van der Waals surface area contributed by atoms with Crippen LogP contribution in [0.5, 0.6) is 0 Å². The summed E-state index contributed by atoms with van der Waals surface area (Å²) in [4.78, 5) is 71.5. The van der Waals surface area contributed by atoms with Crippen LogP contribution in [0, 0.1) is 0 Å². The summed E-state index contributed by atoms with van der Waals surface area (Å²) in [6, 6.07) is -4.74. The average Bonchev–Trinajstić information content (AvgIpc) is 2.79. The van der Waals surface area contributed by atoms with Crippen LogP contribution in [-0.4, -0.2) is 94.0 Å². The van der Waals surface area contributed by atoms with Crippen molar-refractivity contribution in [3.63, 3.8) is 0 Å². The number of carbonyl (C=O) groups is 6. The van der Waals surface area contributed by atoms with Gasteiger partial charge in [0, 0.05) is 12.8 Å². The Balaban J connectivity index is 5.48. The van der Waals surface area contributed by atoms with E-state index in [1.54, 1.807) is 6.26 Å². The summed E-state index contributed by atoms with van der Waals surface area (Å²) < 4.78 is 0. The van der Waals surface area contributed by atoms with Crippen molar-refractivity contribution in [1.82, 2.24) is 16.0 Å². The third-order valence-corrected chi connectivity index (χ3v) is 6.08. The van der Waals surface area contributed by atoms with Crippen LogP contribution in [0.2, 0.25) is 0 Å². The Morgan fingerprint density at radius 1 is 0.714 bits per heavy atom. The Labute approximate surface area is 212 Å². The number of primary amides is 1. The molecule has 4 amide bonds. The van der Waals surface area contributed by atoms with E-state index < -0.39 is 66.2 Å². The van der Waals surface area contributed by atoms with Gasteiger partial charge in [0.1, 0.15) is 18.1 Å². The van der Waals surface area contributed by atoms with Gasteiger partial charge in [-0.1, -0.05) is 0 Å². The first-order valence-corrected chi connectivity index (χ1v) is 13.6. The molecule has 0 saturated carbocycles. The summed E-state index contributed by atoms with van der Waals surface area (Å²) in [5, 5.41) is 25.5. The fraction of sp³-hybridized carbons (Fsp3) is 0.700. The third kappa shape index (κ3) is 14.5. The quantitative estimate of drug-likeness (QED) is 0.100. The minimum absolute atomic E-state index is 0.133. The van der Waals surface area contributed by atoms with Crippen molar-refractivity contribution < 1.29 is 39.0 Å². The van der Waals surface area contributed by atoms with Gasteiger partial charge in [0.2, 0.25) is 23.6 Å². The molecule has 0 aliphatic carbocycles.